The van der Waals surface area contributed by atoms with Gasteiger partial charge in [0.1, 0.15) is 0 Å². The minimum Gasteiger partial charge on any atom is -0.398 e. The van der Waals surface area contributed by atoms with E-state index in [4.69, 9.17) is 5.73 Å². The summed E-state index contributed by atoms with van der Waals surface area (Å²) in [5.41, 5.74) is 10.7. The molecular weight excluding hydrogens is 314 g/mol. The summed E-state index contributed by atoms with van der Waals surface area (Å²) >= 11 is 3.61. The van der Waals surface area contributed by atoms with Crippen molar-refractivity contribution >= 4 is 33.0 Å². The van der Waals surface area contributed by atoms with Crippen LogP contribution in [0.1, 0.15) is 5.56 Å². The second kappa shape index (κ2) is 5.37. The Morgan fingerprint density at radius 3 is 2.55 bits per heavy atom. The molecule has 0 saturated heterocycles. The Balaban J connectivity index is 1.95. The molecule has 1 aliphatic heterocycles. The number of nitrogens with zero attached hydrogens (tertiary/aromatic N) is 2. The van der Waals surface area contributed by atoms with Crippen molar-refractivity contribution < 1.29 is 0 Å². The molecule has 1 heterocycles. The van der Waals surface area contributed by atoms with E-state index in [9.17, 15) is 0 Å². The van der Waals surface area contributed by atoms with Crippen LogP contribution in [0.5, 0.6) is 0 Å². The number of nitrogens with two attached hydrogens (primary N) is 1. The molecule has 3 nitrogen and oxygen atoms in total. The maximum atomic E-state index is 6.12. The van der Waals surface area contributed by atoms with Gasteiger partial charge in [0.2, 0.25) is 0 Å². The van der Waals surface area contributed by atoms with Crippen LogP contribution < -0.4 is 15.5 Å². The standard InChI is InChI=1S/C16H18BrN3/c1-19-9-10-20(16-8-3-2-7-15(16)19)11-12-13(17)5-4-6-14(12)18/h2-8H,9-11,18H2,1H3. The van der Waals surface area contributed by atoms with Crippen molar-refractivity contribution in [1.29, 1.82) is 0 Å². The highest BCUT2D eigenvalue weighted by molar-refractivity contribution is 9.10. The van der Waals surface area contributed by atoms with E-state index in [1.54, 1.807) is 0 Å². The zero-order chi connectivity index (χ0) is 14.1. The molecule has 20 heavy (non-hydrogen) atoms. The van der Waals surface area contributed by atoms with E-state index < -0.39 is 0 Å². The Hall–Kier alpha value is -1.68. The zero-order valence-electron chi connectivity index (χ0n) is 11.5. The highest BCUT2D eigenvalue weighted by atomic mass is 79.9. The van der Waals surface area contributed by atoms with Crippen LogP contribution in [0.15, 0.2) is 46.9 Å². The minimum atomic E-state index is 0.831. The molecule has 0 amide bonds. The van der Waals surface area contributed by atoms with Crippen LogP contribution in [-0.2, 0) is 6.54 Å². The van der Waals surface area contributed by atoms with Crippen LogP contribution >= 0.6 is 15.9 Å². The topological polar surface area (TPSA) is 32.5 Å². The van der Waals surface area contributed by atoms with Crippen molar-refractivity contribution in [3.05, 3.63) is 52.5 Å². The molecule has 0 bridgehead atoms. The normalized spacial score (nSPS) is 14.3. The van der Waals surface area contributed by atoms with E-state index in [0.29, 0.717) is 0 Å². The molecular formula is C16H18BrN3. The lowest BCUT2D eigenvalue weighted by atomic mass is 10.1. The van der Waals surface area contributed by atoms with E-state index in [1.165, 1.54) is 11.4 Å². The predicted octanol–water partition coefficient (Wildman–Crippen LogP) is 3.49. The monoisotopic (exact) mass is 331 g/mol. The van der Waals surface area contributed by atoms with Crippen molar-refractivity contribution in [2.45, 2.75) is 6.54 Å². The summed E-state index contributed by atoms with van der Waals surface area (Å²) in [4.78, 5) is 4.70. The average molecular weight is 332 g/mol. The summed E-state index contributed by atoms with van der Waals surface area (Å²) in [5, 5.41) is 0. The molecule has 0 radical (unpaired) electrons. The third-order valence-electron chi connectivity index (χ3n) is 3.84. The van der Waals surface area contributed by atoms with Gasteiger partial charge in [-0.25, -0.2) is 0 Å². The lowest BCUT2D eigenvalue weighted by molar-refractivity contribution is 0.734. The molecule has 0 fully saturated rings. The molecule has 0 saturated carbocycles. The fourth-order valence-corrected chi connectivity index (χ4v) is 3.17. The number of nitrogen functional groups attached to an aromatic ring is 1. The molecule has 3 rings (SSSR count). The largest absolute Gasteiger partial charge is 0.398 e. The molecule has 0 unspecified atom stereocenters. The van der Waals surface area contributed by atoms with E-state index in [-0.39, 0.29) is 0 Å². The van der Waals surface area contributed by atoms with Gasteiger partial charge in [0.05, 0.1) is 11.4 Å². The summed E-state index contributed by atoms with van der Waals surface area (Å²) in [6.07, 6.45) is 0. The van der Waals surface area contributed by atoms with Gasteiger partial charge < -0.3 is 15.5 Å². The number of halogens is 1. The second-order valence-electron chi connectivity index (χ2n) is 5.14. The van der Waals surface area contributed by atoms with E-state index in [1.807, 2.05) is 18.2 Å². The van der Waals surface area contributed by atoms with E-state index in [0.717, 1.165) is 35.4 Å². The molecule has 1 aliphatic rings. The molecule has 0 aliphatic carbocycles. The number of hydrogen-bond donors (Lipinski definition) is 1. The van der Waals surface area contributed by atoms with Gasteiger partial charge in [-0.1, -0.05) is 34.1 Å². The van der Waals surface area contributed by atoms with Crippen LogP contribution in [0, 0.1) is 0 Å². The Morgan fingerprint density at radius 1 is 1.05 bits per heavy atom. The highest BCUT2D eigenvalue weighted by Gasteiger charge is 2.20. The minimum absolute atomic E-state index is 0.831. The molecule has 0 aromatic heterocycles. The third-order valence-corrected chi connectivity index (χ3v) is 4.59. The van der Waals surface area contributed by atoms with Crippen molar-refractivity contribution in [3.8, 4) is 0 Å². The van der Waals surface area contributed by atoms with Crippen molar-refractivity contribution in [3.63, 3.8) is 0 Å². The Kier molecular flexibility index (Phi) is 3.57. The summed E-state index contributed by atoms with van der Waals surface area (Å²) in [6, 6.07) is 14.5. The van der Waals surface area contributed by atoms with Gasteiger partial charge in [0.25, 0.3) is 0 Å². The van der Waals surface area contributed by atoms with Gasteiger partial charge in [-0.2, -0.15) is 0 Å². The molecule has 4 heteroatoms. The lowest BCUT2D eigenvalue weighted by Gasteiger charge is -2.37. The summed E-state index contributed by atoms with van der Waals surface area (Å²) in [5.74, 6) is 0. The second-order valence-corrected chi connectivity index (χ2v) is 5.99. The van der Waals surface area contributed by atoms with Crippen LogP contribution in [-0.4, -0.2) is 20.1 Å². The Bertz CT molecular complexity index is 607. The number of para-hydroxylation sites is 2. The van der Waals surface area contributed by atoms with Gasteiger partial charge in [-0.15, -0.1) is 0 Å². The van der Waals surface area contributed by atoms with Crippen molar-refractivity contribution in [1.82, 2.24) is 0 Å². The predicted molar refractivity (Wildman–Crippen MR) is 89.3 cm³/mol. The lowest BCUT2D eigenvalue weighted by Crippen LogP contribution is -2.38. The first-order valence-corrected chi connectivity index (χ1v) is 7.54. The fraction of sp³-hybridized carbons (Fsp3) is 0.250. The van der Waals surface area contributed by atoms with Gasteiger partial charge in [-0.05, 0) is 24.3 Å². The Morgan fingerprint density at radius 2 is 1.80 bits per heavy atom. The van der Waals surface area contributed by atoms with Crippen molar-refractivity contribution in [2.75, 3.05) is 35.7 Å². The quantitative estimate of drug-likeness (QED) is 0.855. The SMILES string of the molecule is CN1CCN(Cc2c(N)cccc2Br)c2ccccc21. The van der Waals surface area contributed by atoms with Crippen molar-refractivity contribution in [2.24, 2.45) is 0 Å². The van der Waals surface area contributed by atoms with Crippen LogP contribution in [0.2, 0.25) is 0 Å². The number of likely N-dealkylation sites (N-methyl/N-ethyl adjacent to an activating group) is 1. The van der Waals surface area contributed by atoms with Crippen LogP contribution in [0.25, 0.3) is 0 Å². The first-order valence-electron chi connectivity index (χ1n) is 6.75. The van der Waals surface area contributed by atoms with Gasteiger partial charge in [-0.3, -0.25) is 0 Å². The number of anilines is 3. The summed E-state index contributed by atoms with van der Waals surface area (Å²) in [6.45, 7) is 2.87. The molecule has 2 aromatic carbocycles. The molecule has 0 atom stereocenters. The number of hydrogen-bond acceptors (Lipinski definition) is 3. The maximum Gasteiger partial charge on any atom is 0.0607 e. The number of fused-ring (bicyclic) bond motifs is 1. The van der Waals surface area contributed by atoms with Crippen LogP contribution in [0.3, 0.4) is 0 Å². The molecule has 104 valence electrons. The molecule has 2 N–H and O–H groups in total. The first kappa shape index (κ1) is 13.3. The third kappa shape index (κ3) is 2.36. The molecule has 2 aromatic rings. The fourth-order valence-electron chi connectivity index (χ4n) is 2.66. The summed E-state index contributed by atoms with van der Waals surface area (Å²) < 4.78 is 1.08. The van der Waals surface area contributed by atoms with E-state index in [2.05, 4.69) is 57.0 Å². The maximum absolute atomic E-state index is 6.12. The first-order chi connectivity index (χ1) is 9.66. The van der Waals surface area contributed by atoms with Gasteiger partial charge in [0, 0.05) is 42.4 Å². The smallest absolute Gasteiger partial charge is 0.0607 e. The number of benzene rings is 2. The Labute approximate surface area is 128 Å². The molecule has 0 spiro atoms. The van der Waals surface area contributed by atoms with Gasteiger partial charge in [0.15, 0.2) is 0 Å². The number of rotatable bonds is 2. The van der Waals surface area contributed by atoms with E-state index >= 15 is 0 Å². The highest BCUT2D eigenvalue weighted by Crippen LogP contribution is 2.34. The zero-order valence-corrected chi connectivity index (χ0v) is 13.1. The van der Waals surface area contributed by atoms with Crippen LogP contribution in [0.4, 0.5) is 17.1 Å². The van der Waals surface area contributed by atoms with Gasteiger partial charge >= 0.3 is 0 Å². The average Bonchev–Trinajstić information content (AvgIpc) is 2.46. The summed E-state index contributed by atoms with van der Waals surface area (Å²) in [7, 11) is 2.14.